The number of anilines is 1. The summed E-state index contributed by atoms with van der Waals surface area (Å²) in [5.74, 6) is 0. The number of halogens is 2. The van der Waals surface area contributed by atoms with Crippen LogP contribution in [0.2, 0.25) is 5.02 Å². The van der Waals surface area contributed by atoms with E-state index in [2.05, 4.69) is 21.2 Å². The Morgan fingerprint density at radius 3 is 2.71 bits per heavy atom. The van der Waals surface area contributed by atoms with Gasteiger partial charge in [0.25, 0.3) is 5.69 Å². The number of nitro groups is 1. The first kappa shape index (κ1) is 15.3. The first-order valence-electron chi connectivity index (χ1n) is 5.87. The van der Waals surface area contributed by atoms with Crippen molar-refractivity contribution in [1.29, 1.82) is 5.26 Å². The van der Waals surface area contributed by atoms with Crippen molar-refractivity contribution in [2.75, 3.05) is 5.32 Å². The van der Waals surface area contributed by atoms with E-state index in [-0.39, 0.29) is 5.69 Å². The molecule has 0 amide bonds. The molecule has 0 fully saturated rings. The molecule has 0 heterocycles. The van der Waals surface area contributed by atoms with E-state index >= 15 is 0 Å². The third-order valence-corrected chi connectivity index (χ3v) is 3.83. The molecular weight excluding hydrogens is 358 g/mol. The van der Waals surface area contributed by atoms with Crippen molar-refractivity contribution in [1.82, 2.24) is 0 Å². The van der Waals surface area contributed by atoms with Gasteiger partial charge in [-0.15, -0.1) is 0 Å². The molecule has 7 heteroatoms. The van der Waals surface area contributed by atoms with Crippen LogP contribution in [0.15, 0.2) is 40.9 Å². The van der Waals surface area contributed by atoms with Crippen molar-refractivity contribution in [2.24, 2.45) is 0 Å². The Labute approximate surface area is 134 Å². The second-order valence-corrected chi connectivity index (χ2v) is 5.45. The second-order valence-electron chi connectivity index (χ2n) is 4.19. The summed E-state index contributed by atoms with van der Waals surface area (Å²) in [6, 6.07) is 11.5. The highest BCUT2D eigenvalue weighted by atomic mass is 79.9. The van der Waals surface area contributed by atoms with Gasteiger partial charge in [0.1, 0.15) is 0 Å². The van der Waals surface area contributed by atoms with Crippen molar-refractivity contribution in [3.63, 3.8) is 0 Å². The van der Waals surface area contributed by atoms with E-state index in [0.717, 1.165) is 10.2 Å². The Balaban J connectivity index is 2.18. The molecule has 0 aromatic heterocycles. The number of nitrogens with one attached hydrogen (secondary N) is 1. The molecule has 0 aliphatic heterocycles. The fourth-order valence-corrected chi connectivity index (χ4v) is 2.43. The molecule has 0 aliphatic carbocycles. The minimum absolute atomic E-state index is 0.00454. The molecule has 5 nitrogen and oxygen atoms in total. The predicted molar refractivity (Wildman–Crippen MR) is 84.3 cm³/mol. The van der Waals surface area contributed by atoms with Crippen LogP contribution in [0.3, 0.4) is 0 Å². The van der Waals surface area contributed by atoms with Gasteiger partial charge in [-0.05, 0) is 45.8 Å². The van der Waals surface area contributed by atoms with E-state index in [1.807, 2.05) is 6.07 Å². The summed E-state index contributed by atoms with van der Waals surface area (Å²) in [4.78, 5) is 10.3. The van der Waals surface area contributed by atoms with Crippen LogP contribution in [0.1, 0.15) is 11.1 Å². The summed E-state index contributed by atoms with van der Waals surface area (Å²) in [5.41, 5.74) is 1.94. The Morgan fingerprint density at radius 2 is 2.10 bits per heavy atom. The molecule has 0 bridgehead atoms. The average Bonchev–Trinajstić information content (AvgIpc) is 2.47. The van der Waals surface area contributed by atoms with Gasteiger partial charge in [0.15, 0.2) is 0 Å². The first-order valence-corrected chi connectivity index (χ1v) is 7.04. The van der Waals surface area contributed by atoms with E-state index in [9.17, 15) is 10.1 Å². The fraction of sp³-hybridized carbons (Fsp3) is 0.0714. The van der Waals surface area contributed by atoms with Crippen molar-refractivity contribution in [2.45, 2.75) is 6.54 Å². The molecule has 0 unspecified atom stereocenters. The number of hydrogen-bond donors (Lipinski definition) is 1. The highest BCUT2D eigenvalue weighted by Crippen LogP contribution is 2.26. The van der Waals surface area contributed by atoms with Gasteiger partial charge in [0.05, 0.1) is 16.6 Å². The summed E-state index contributed by atoms with van der Waals surface area (Å²) in [7, 11) is 0. The molecule has 21 heavy (non-hydrogen) atoms. The molecule has 106 valence electrons. The van der Waals surface area contributed by atoms with Crippen LogP contribution in [0, 0.1) is 21.4 Å². The first-order chi connectivity index (χ1) is 10.0. The van der Waals surface area contributed by atoms with Crippen LogP contribution in [0.5, 0.6) is 0 Å². The zero-order chi connectivity index (χ0) is 15.4. The lowest BCUT2D eigenvalue weighted by Gasteiger charge is -2.10. The number of nitriles is 1. The zero-order valence-electron chi connectivity index (χ0n) is 10.6. The molecule has 0 saturated carbocycles. The Bertz CT molecular complexity index is 743. The largest absolute Gasteiger partial charge is 0.380 e. The Morgan fingerprint density at radius 1 is 1.33 bits per heavy atom. The van der Waals surface area contributed by atoms with Gasteiger partial charge in [-0.25, -0.2) is 0 Å². The summed E-state index contributed by atoms with van der Waals surface area (Å²) < 4.78 is 0.739. The molecule has 1 N–H and O–H groups in total. The molecule has 0 radical (unpaired) electrons. The van der Waals surface area contributed by atoms with Crippen LogP contribution in [-0.2, 0) is 6.54 Å². The standard InChI is InChI=1S/C14H9BrClN3O2/c15-12-5-9(7-17)1-4-14(12)18-8-10-6-11(19(20)21)2-3-13(10)16/h1-6,18H,8H2. The van der Waals surface area contributed by atoms with Gasteiger partial charge in [-0.1, -0.05) is 11.6 Å². The molecule has 0 saturated heterocycles. The Kier molecular flexibility index (Phi) is 4.78. The maximum Gasteiger partial charge on any atom is 0.269 e. The van der Waals surface area contributed by atoms with Crippen LogP contribution in [0.4, 0.5) is 11.4 Å². The summed E-state index contributed by atoms with van der Waals surface area (Å²) in [5, 5.41) is 23.2. The summed E-state index contributed by atoms with van der Waals surface area (Å²) >= 11 is 9.40. The number of nitro benzene ring substituents is 1. The van der Waals surface area contributed by atoms with Gasteiger partial charge in [-0.3, -0.25) is 10.1 Å². The minimum Gasteiger partial charge on any atom is -0.380 e. The van der Waals surface area contributed by atoms with Crippen LogP contribution < -0.4 is 5.32 Å². The lowest BCUT2D eigenvalue weighted by Crippen LogP contribution is -2.02. The highest BCUT2D eigenvalue weighted by Gasteiger charge is 2.10. The van der Waals surface area contributed by atoms with Crippen LogP contribution in [-0.4, -0.2) is 4.92 Å². The van der Waals surface area contributed by atoms with E-state index in [4.69, 9.17) is 16.9 Å². The maximum atomic E-state index is 10.8. The third-order valence-electron chi connectivity index (χ3n) is 2.81. The second kappa shape index (κ2) is 6.57. The smallest absolute Gasteiger partial charge is 0.269 e. The van der Waals surface area contributed by atoms with Crippen molar-refractivity contribution in [3.8, 4) is 6.07 Å². The monoisotopic (exact) mass is 365 g/mol. The molecule has 0 spiro atoms. The lowest BCUT2D eigenvalue weighted by atomic mass is 10.2. The van der Waals surface area contributed by atoms with Gasteiger partial charge >= 0.3 is 0 Å². The van der Waals surface area contributed by atoms with Crippen molar-refractivity contribution >= 4 is 38.9 Å². The number of non-ortho nitro benzene ring substituents is 1. The molecular formula is C14H9BrClN3O2. The SMILES string of the molecule is N#Cc1ccc(NCc2cc([N+](=O)[O-])ccc2Cl)c(Br)c1. The van der Waals surface area contributed by atoms with Gasteiger partial charge in [-0.2, -0.15) is 5.26 Å². The van der Waals surface area contributed by atoms with E-state index < -0.39 is 4.92 Å². The Hall–Kier alpha value is -2.10. The molecule has 2 rings (SSSR count). The van der Waals surface area contributed by atoms with Crippen molar-refractivity contribution < 1.29 is 4.92 Å². The number of benzene rings is 2. The normalized spacial score (nSPS) is 9.95. The predicted octanol–water partition coefficient (Wildman–Crippen LogP) is 4.49. The van der Waals surface area contributed by atoms with Gasteiger partial charge in [0, 0.05) is 33.9 Å². The minimum atomic E-state index is -0.461. The number of rotatable bonds is 4. The highest BCUT2D eigenvalue weighted by molar-refractivity contribution is 9.10. The summed E-state index contributed by atoms with van der Waals surface area (Å²) in [6.45, 7) is 0.338. The molecule has 0 aliphatic rings. The number of nitrogens with zero attached hydrogens (tertiary/aromatic N) is 2. The van der Waals surface area contributed by atoms with E-state index in [1.165, 1.54) is 18.2 Å². The average molecular weight is 367 g/mol. The van der Waals surface area contributed by atoms with E-state index in [1.54, 1.807) is 18.2 Å². The number of hydrogen-bond acceptors (Lipinski definition) is 4. The van der Waals surface area contributed by atoms with Gasteiger partial charge in [0.2, 0.25) is 0 Å². The lowest BCUT2D eigenvalue weighted by molar-refractivity contribution is -0.384. The van der Waals surface area contributed by atoms with Crippen molar-refractivity contribution in [3.05, 3.63) is 67.1 Å². The van der Waals surface area contributed by atoms with Crippen LogP contribution in [0.25, 0.3) is 0 Å². The van der Waals surface area contributed by atoms with E-state index in [0.29, 0.717) is 22.7 Å². The quantitative estimate of drug-likeness (QED) is 0.638. The zero-order valence-corrected chi connectivity index (χ0v) is 13.0. The van der Waals surface area contributed by atoms with Crippen LogP contribution >= 0.6 is 27.5 Å². The fourth-order valence-electron chi connectivity index (χ4n) is 1.73. The molecule has 0 atom stereocenters. The molecule has 2 aromatic rings. The van der Waals surface area contributed by atoms with Gasteiger partial charge < -0.3 is 5.32 Å². The topological polar surface area (TPSA) is 79.0 Å². The molecule has 2 aromatic carbocycles. The third kappa shape index (κ3) is 3.72. The maximum absolute atomic E-state index is 10.8. The summed E-state index contributed by atoms with van der Waals surface area (Å²) in [6.07, 6.45) is 0.